The average Bonchev–Trinajstić information content (AvgIpc) is 2.53. The van der Waals surface area contributed by atoms with Crippen molar-refractivity contribution in [3.8, 4) is 0 Å². The van der Waals surface area contributed by atoms with Crippen molar-refractivity contribution in [2.75, 3.05) is 0 Å². The lowest BCUT2D eigenvalue weighted by molar-refractivity contribution is 0.0809. The molecule has 0 bridgehead atoms. The van der Waals surface area contributed by atoms with Gasteiger partial charge in [-0.25, -0.2) is 0 Å². The summed E-state index contributed by atoms with van der Waals surface area (Å²) in [6.45, 7) is 9.32. The quantitative estimate of drug-likeness (QED) is 0.494. The van der Waals surface area contributed by atoms with Crippen LogP contribution >= 0.6 is 0 Å². The van der Waals surface area contributed by atoms with E-state index in [1.54, 1.807) is 11.1 Å². The van der Waals surface area contributed by atoms with E-state index in [9.17, 15) is 0 Å². The number of benzene rings is 1. The van der Waals surface area contributed by atoms with Crippen LogP contribution in [0.5, 0.6) is 0 Å². The lowest BCUT2D eigenvalue weighted by atomic mass is 9.50. The Bertz CT molecular complexity index is 702. The molecule has 4 nitrogen and oxygen atoms in total. The van der Waals surface area contributed by atoms with Gasteiger partial charge in [-0.3, -0.25) is 0 Å². The summed E-state index contributed by atoms with van der Waals surface area (Å²) in [6.07, 6.45) is 7.97. The molecule has 4 heteroatoms. The van der Waals surface area contributed by atoms with E-state index in [2.05, 4.69) is 56.1 Å². The minimum absolute atomic E-state index is 0.0219. The first-order valence-electron chi connectivity index (χ1n) is 9.53. The number of aryl methyl sites for hydroxylation is 1. The third-order valence-electron chi connectivity index (χ3n) is 6.62. The van der Waals surface area contributed by atoms with Gasteiger partial charge in [-0.1, -0.05) is 52.3 Å². The van der Waals surface area contributed by atoms with Crippen molar-refractivity contribution in [2.24, 2.45) is 33.0 Å². The molecule has 0 unspecified atom stereocenters. The van der Waals surface area contributed by atoms with Crippen LogP contribution in [0.3, 0.4) is 0 Å². The highest BCUT2D eigenvalue weighted by atomic mass is 15.3. The fourth-order valence-corrected chi connectivity index (χ4v) is 5.30. The van der Waals surface area contributed by atoms with Gasteiger partial charge in [-0.2, -0.15) is 5.10 Å². The van der Waals surface area contributed by atoms with E-state index in [1.807, 2.05) is 6.21 Å². The first-order chi connectivity index (χ1) is 11.8. The van der Waals surface area contributed by atoms with Crippen LogP contribution in [0.25, 0.3) is 0 Å². The maximum Gasteiger partial charge on any atom is 0.211 e. The highest BCUT2D eigenvalue weighted by Crippen LogP contribution is 2.56. The molecular weight excluding hydrogens is 308 g/mol. The van der Waals surface area contributed by atoms with Gasteiger partial charge in [-0.15, -0.1) is 5.10 Å². The van der Waals surface area contributed by atoms with Gasteiger partial charge in [0.2, 0.25) is 5.96 Å². The predicted molar refractivity (Wildman–Crippen MR) is 106 cm³/mol. The van der Waals surface area contributed by atoms with E-state index in [0.29, 0.717) is 11.8 Å². The van der Waals surface area contributed by atoms with Crippen LogP contribution in [0.2, 0.25) is 0 Å². The number of nitrogens with zero attached hydrogens (tertiary/aromatic N) is 2. The summed E-state index contributed by atoms with van der Waals surface area (Å²) in [4.78, 5) is 0. The molecule has 1 aromatic carbocycles. The zero-order chi connectivity index (χ0) is 18.2. The van der Waals surface area contributed by atoms with Crippen LogP contribution in [0.4, 0.5) is 0 Å². The molecule has 1 fully saturated rings. The number of nitrogens with two attached hydrogens (primary N) is 2. The van der Waals surface area contributed by atoms with E-state index in [1.165, 1.54) is 24.8 Å². The second kappa shape index (κ2) is 6.47. The number of rotatable bonds is 3. The summed E-state index contributed by atoms with van der Waals surface area (Å²) in [6, 6.07) is 7.17. The lowest BCUT2D eigenvalue weighted by Crippen LogP contribution is -2.49. The summed E-state index contributed by atoms with van der Waals surface area (Å²) >= 11 is 0. The second-order valence-corrected chi connectivity index (χ2v) is 8.71. The molecule has 0 amide bonds. The Labute approximate surface area is 151 Å². The molecule has 0 radical (unpaired) electrons. The molecule has 0 spiro atoms. The van der Waals surface area contributed by atoms with Gasteiger partial charge in [0.1, 0.15) is 0 Å². The summed E-state index contributed by atoms with van der Waals surface area (Å²) in [7, 11) is 0. The molecule has 0 aromatic heterocycles. The van der Waals surface area contributed by atoms with E-state index in [0.717, 1.165) is 12.8 Å². The molecule has 0 saturated heterocycles. The largest absolute Gasteiger partial charge is 0.369 e. The van der Waals surface area contributed by atoms with Crippen LogP contribution in [-0.2, 0) is 11.8 Å². The summed E-state index contributed by atoms with van der Waals surface area (Å²) in [5.41, 5.74) is 15.7. The number of hydrogen-bond acceptors (Lipinski definition) is 2. The molecule has 25 heavy (non-hydrogen) atoms. The van der Waals surface area contributed by atoms with Gasteiger partial charge in [-0.05, 0) is 59.6 Å². The smallest absolute Gasteiger partial charge is 0.211 e. The van der Waals surface area contributed by atoms with Gasteiger partial charge in [0.25, 0.3) is 0 Å². The molecule has 0 aliphatic heterocycles. The van der Waals surface area contributed by atoms with Crippen molar-refractivity contribution < 1.29 is 0 Å². The van der Waals surface area contributed by atoms with E-state index >= 15 is 0 Å². The summed E-state index contributed by atoms with van der Waals surface area (Å²) < 4.78 is 0. The van der Waals surface area contributed by atoms with Crippen molar-refractivity contribution in [1.82, 2.24) is 0 Å². The number of fused-ring (bicyclic) bond motifs is 3. The Morgan fingerprint density at radius 1 is 1.24 bits per heavy atom. The topological polar surface area (TPSA) is 76.8 Å². The number of guanidine groups is 1. The van der Waals surface area contributed by atoms with Crippen molar-refractivity contribution in [3.63, 3.8) is 0 Å². The van der Waals surface area contributed by atoms with Crippen molar-refractivity contribution in [1.29, 1.82) is 0 Å². The van der Waals surface area contributed by atoms with Crippen LogP contribution in [0, 0.1) is 11.3 Å². The van der Waals surface area contributed by atoms with Gasteiger partial charge in [0, 0.05) is 11.6 Å². The van der Waals surface area contributed by atoms with Gasteiger partial charge in [0.15, 0.2) is 0 Å². The van der Waals surface area contributed by atoms with Crippen molar-refractivity contribution in [2.45, 2.75) is 71.1 Å². The molecule has 1 saturated carbocycles. The molecule has 2 aliphatic carbocycles. The molecule has 4 N–H and O–H groups in total. The van der Waals surface area contributed by atoms with Crippen LogP contribution in [-0.4, -0.2) is 12.2 Å². The Balaban J connectivity index is 1.98. The number of hydrogen-bond donors (Lipinski definition) is 2. The molecule has 3 atom stereocenters. The third-order valence-corrected chi connectivity index (χ3v) is 6.62. The van der Waals surface area contributed by atoms with Gasteiger partial charge in [0.05, 0.1) is 0 Å². The highest BCUT2D eigenvalue weighted by Gasteiger charge is 2.51. The fraction of sp³-hybridized carbons (Fsp3) is 0.619. The molecule has 3 rings (SSSR count). The predicted octanol–water partition coefficient (Wildman–Crippen LogP) is 4.08. The first-order valence-corrected chi connectivity index (χ1v) is 9.53. The Kier molecular flexibility index (Phi) is 4.65. The monoisotopic (exact) mass is 340 g/mol. The Morgan fingerprint density at radius 2 is 2.00 bits per heavy atom. The fourth-order valence-electron chi connectivity index (χ4n) is 5.30. The maximum absolute atomic E-state index is 5.42. The van der Waals surface area contributed by atoms with E-state index in [4.69, 9.17) is 11.5 Å². The van der Waals surface area contributed by atoms with Crippen LogP contribution in [0.15, 0.2) is 28.4 Å². The van der Waals surface area contributed by atoms with Crippen LogP contribution in [0.1, 0.15) is 76.0 Å². The highest BCUT2D eigenvalue weighted by molar-refractivity contribution is 5.76. The Morgan fingerprint density at radius 3 is 2.68 bits per heavy atom. The van der Waals surface area contributed by atoms with Gasteiger partial charge >= 0.3 is 0 Å². The van der Waals surface area contributed by atoms with E-state index in [-0.39, 0.29) is 16.8 Å². The summed E-state index contributed by atoms with van der Waals surface area (Å²) in [5, 5.41) is 8.04. The zero-order valence-corrected chi connectivity index (χ0v) is 16.0. The van der Waals surface area contributed by atoms with Gasteiger partial charge < -0.3 is 11.5 Å². The maximum atomic E-state index is 5.42. The molecule has 2 aliphatic rings. The molecule has 1 aromatic rings. The normalized spacial score (nSPS) is 31.6. The molecular formula is C21H32N4. The second-order valence-electron chi connectivity index (χ2n) is 8.71. The minimum Gasteiger partial charge on any atom is -0.369 e. The minimum atomic E-state index is 0.0219. The van der Waals surface area contributed by atoms with E-state index < -0.39 is 0 Å². The average molecular weight is 341 g/mol. The van der Waals surface area contributed by atoms with Crippen LogP contribution < -0.4 is 11.5 Å². The molecule has 136 valence electrons. The lowest BCUT2D eigenvalue weighted by Gasteiger charge is -2.54. The third kappa shape index (κ3) is 3.19. The first kappa shape index (κ1) is 18.0. The zero-order valence-electron chi connectivity index (χ0n) is 16.0. The summed E-state index contributed by atoms with van der Waals surface area (Å²) in [5.74, 6) is 1.18. The van der Waals surface area contributed by atoms with Crippen molar-refractivity contribution >= 4 is 12.2 Å². The molecule has 0 heterocycles. The SMILES string of the molecule is CC(C)c1ccc2c(c1)CC[C@H]1[C@](C)(/C=N\N=C(N)N)CCC[C@]21C. The standard InChI is InChI=1S/C21H32N4/c1-14(2)15-6-8-17-16(12-15)7-9-18-20(3,13-24-25-19(22)23)10-5-11-21(17,18)4/h6,8,12-14,18H,5,7,9-11H2,1-4H3,(H4,22,23,25)/b24-13-/t18-,20-,21+/m0/s1. The van der Waals surface area contributed by atoms with Crippen molar-refractivity contribution in [3.05, 3.63) is 34.9 Å². The Hall–Kier alpha value is -1.84.